The molecule has 0 unspecified atom stereocenters. The quantitative estimate of drug-likeness (QED) is 0.326. The minimum absolute atomic E-state index is 0. The van der Waals surface area contributed by atoms with Crippen LogP contribution in [-0.4, -0.2) is 39.6 Å². The van der Waals surface area contributed by atoms with Crippen molar-refractivity contribution >= 4 is 48.2 Å². The van der Waals surface area contributed by atoms with Gasteiger partial charge in [0.25, 0.3) is 15.6 Å². The van der Waals surface area contributed by atoms with Crippen LogP contribution in [0.25, 0.3) is 10.9 Å². The summed E-state index contributed by atoms with van der Waals surface area (Å²) in [6, 6.07) is 10.5. The number of benzene rings is 2. The van der Waals surface area contributed by atoms with Gasteiger partial charge in [-0.15, -0.1) is 4.40 Å². The van der Waals surface area contributed by atoms with Crippen molar-refractivity contribution in [2.24, 2.45) is 4.40 Å². The summed E-state index contributed by atoms with van der Waals surface area (Å²) in [4.78, 5) is 13.1. The zero-order chi connectivity index (χ0) is 24.3. The second-order valence-electron chi connectivity index (χ2n) is 8.24. The SMILES string of the molecule is CS(=O)(=O)Nc1ccc2c(c1)S(=O)(=O)N=C(c1c([O-])c3ccccc3n(NC3CCC3)c1=O)N2.[Na+]. The maximum atomic E-state index is 13.4. The number of nitrogens with zero attached hydrogens (tertiary/aromatic N) is 2. The number of anilines is 2. The van der Waals surface area contributed by atoms with Gasteiger partial charge in [0, 0.05) is 11.7 Å². The number of fused-ring (bicyclic) bond motifs is 2. The minimum Gasteiger partial charge on any atom is -0.871 e. The molecule has 1 fully saturated rings. The molecule has 14 heteroatoms. The molecular weight excluding hydrogens is 505 g/mol. The number of nitrogens with one attached hydrogen (secondary N) is 3. The van der Waals surface area contributed by atoms with Crippen molar-refractivity contribution in [1.29, 1.82) is 0 Å². The third-order valence-electron chi connectivity index (χ3n) is 5.71. The standard InChI is InChI=1S/C21H21N5O6S2.Na/c1-33(29,30)24-13-9-10-15-17(11-13)34(31,32)25-20(22-15)18-19(27)14-7-2-3-8-16(14)26(21(18)28)23-12-5-4-6-12;/h2-3,7-12,23-24,27H,4-6H2,1H3,(H,22,25);/q;+1/p-1. The number of rotatable bonds is 5. The number of amidine groups is 1. The van der Waals surface area contributed by atoms with Gasteiger partial charge in [0.1, 0.15) is 4.90 Å². The van der Waals surface area contributed by atoms with E-state index in [9.17, 15) is 26.7 Å². The summed E-state index contributed by atoms with van der Waals surface area (Å²) in [6.45, 7) is 0. The molecule has 3 N–H and O–H groups in total. The van der Waals surface area contributed by atoms with Gasteiger partial charge in [-0.3, -0.25) is 9.52 Å². The fraction of sp³-hybridized carbons (Fsp3) is 0.238. The Morgan fingerprint density at radius 1 is 1.17 bits per heavy atom. The Labute approximate surface area is 223 Å². The molecule has 5 rings (SSSR count). The zero-order valence-corrected chi connectivity index (χ0v) is 22.5. The summed E-state index contributed by atoms with van der Waals surface area (Å²) in [5, 5.41) is 16.3. The zero-order valence-electron chi connectivity index (χ0n) is 18.9. The molecule has 1 saturated carbocycles. The molecule has 3 aromatic rings. The summed E-state index contributed by atoms with van der Waals surface area (Å²) >= 11 is 0. The van der Waals surface area contributed by atoms with Crippen LogP contribution in [0.15, 0.2) is 56.6 Å². The normalized spacial score (nSPS) is 16.8. The van der Waals surface area contributed by atoms with Crippen LogP contribution in [0.3, 0.4) is 0 Å². The molecular formula is C21H20N5NaO6S2. The van der Waals surface area contributed by atoms with E-state index in [0.717, 1.165) is 31.6 Å². The average molecular weight is 526 g/mol. The molecule has 2 aliphatic rings. The second-order valence-corrected chi connectivity index (χ2v) is 11.6. The van der Waals surface area contributed by atoms with E-state index in [1.54, 1.807) is 24.3 Å². The van der Waals surface area contributed by atoms with E-state index < -0.39 is 36.9 Å². The Bertz CT molecular complexity index is 1650. The number of para-hydroxylation sites is 1. The molecule has 0 amide bonds. The van der Waals surface area contributed by atoms with Crippen LogP contribution in [-0.2, 0) is 20.0 Å². The Kier molecular flexibility index (Phi) is 6.66. The van der Waals surface area contributed by atoms with Crippen LogP contribution in [0.4, 0.5) is 11.4 Å². The number of hydrogen-bond acceptors (Lipinski definition) is 8. The second kappa shape index (κ2) is 9.13. The van der Waals surface area contributed by atoms with E-state index in [-0.39, 0.29) is 63.1 Å². The summed E-state index contributed by atoms with van der Waals surface area (Å²) < 4.78 is 56.1. The molecule has 0 saturated heterocycles. The average Bonchev–Trinajstić information content (AvgIpc) is 2.71. The monoisotopic (exact) mass is 525 g/mol. The van der Waals surface area contributed by atoms with E-state index >= 15 is 0 Å². The minimum atomic E-state index is -4.35. The fourth-order valence-corrected chi connectivity index (χ4v) is 5.62. The summed E-state index contributed by atoms with van der Waals surface area (Å²) in [7, 11) is -7.98. The molecule has 178 valence electrons. The molecule has 35 heavy (non-hydrogen) atoms. The fourth-order valence-electron chi connectivity index (χ4n) is 3.92. The van der Waals surface area contributed by atoms with E-state index in [4.69, 9.17) is 0 Å². The molecule has 0 atom stereocenters. The maximum absolute atomic E-state index is 13.4. The Balaban J connectivity index is 0.00000289. The number of aromatic nitrogens is 1. The van der Waals surface area contributed by atoms with Crippen LogP contribution in [0.2, 0.25) is 0 Å². The Morgan fingerprint density at radius 2 is 1.89 bits per heavy atom. The van der Waals surface area contributed by atoms with Crippen LogP contribution in [0, 0.1) is 0 Å². The van der Waals surface area contributed by atoms with Crippen molar-refractivity contribution in [2.75, 3.05) is 21.7 Å². The molecule has 0 bridgehead atoms. The van der Waals surface area contributed by atoms with Crippen molar-refractivity contribution in [3.8, 4) is 5.75 Å². The van der Waals surface area contributed by atoms with Gasteiger partial charge in [-0.2, -0.15) is 8.42 Å². The molecule has 1 aromatic heterocycles. The van der Waals surface area contributed by atoms with Crippen LogP contribution >= 0.6 is 0 Å². The number of sulfonamides is 2. The number of hydrogen-bond donors (Lipinski definition) is 3. The molecule has 11 nitrogen and oxygen atoms in total. The van der Waals surface area contributed by atoms with Gasteiger partial charge in [0.15, 0.2) is 5.84 Å². The summed E-state index contributed by atoms with van der Waals surface area (Å²) in [5.41, 5.74) is 2.51. The van der Waals surface area contributed by atoms with Gasteiger partial charge >= 0.3 is 29.6 Å². The first-order valence-electron chi connectivity index (χ1n) is 10.4. The molecule has 1 aliphatic heterocycles. The van der Waals surface area contributed by atoms with Crippen molar-refractivity contribution in [3.63, 3.8) is 0 Å². The van der Waals surface area contributed by atoms with E-state index in [1.165, 1.54) is 16.8 Å². The van der Waals surface area contributed by atoms with Crippen LogP contribution in [0.1, 0.15) is 24.8 Å². The first kappa shape index (κ1) is 25.5. The van der Waals surface area contributed by atoms with Gasteiger partial charge in [0.2, 0.25) is 10.0 Å². The van der Waals surface area contributed by atoms with E-state index in [0.29, 0.717) is 5.52 Å². The molecule has 2 heterocycles. The predicted octanol–water partition coefficient (Wildman–Crippen LogP) is -1.89. The first-order valence-corrected chi connectivity index (χ1v) is 13.7. The van der Waals surface area contributed by atoms with E-state index in [2.05, 4.69) is 19.9 Å². The van der Waals surface area contributed by atoms with Gasteiger partial charge in [0.05, 0.1) is 23.0 Å². The van der Waals surface area contributed by atoms with E-state index in [1.807, 2.05) is 0 Å². The third kappa shape index (κ3) is 4.78. The Hall–Kier alpha value is -2.58. The molecule has 0 radical (unpaired) electrons. The van der Waals surface area contributed by atoms with Crippen molar-refractivity contribution in [2.45, 2.75) is 30.2 Å². The number of pyridine rings is 1. The van der Waals surface area contributed by atoms with Crippen LogP contribution < -0.4 is 55.7 Å². The topological polar surface area (TPSA) is 162 Å². The summed E-state index contributed by atoms with van der Waals surface area (Å²) in [5.74, 6) is -1.03. The first-order chi connectivity index (χ1) is 16.0. The van der Waals surface area contributed by atoms with Gasteiger partial charge in [-0.1, -0.05) is 23.9 Å². The molecule has 1 aliphatic carbocycles. The van der Waals surface area contributed by atoms with Crippen molar-refractivity contribution in [3.05, 3.63) is 58.4 Å². The predicted molar refractivity (Wildman–Crippen MR) is 127 cm³/mol. The largest absolute Gasteiger partial charge is 1.00 e. The summed E-state index contributed by atoms with van der Waals surface area (Å²) in [6.07, 6.45) is 3.71. The van der Waals surface area contributed by atoms with Crippen molar-refractivity contribution in [1.82, 2.24) is 4.68 Å². The van der Waals surface area contributed by atoms with Gasteiger partial charge in [-0.05, 0) is 48.9 Å². The molecule has 0 spiro atoms. The van der Waals surface area contributed by atoms with Gasteiger partial charge in [-0.25, -0.2) is 13.1 Å². The third-order valence-corrected chi connectivity index (χ3v) is 7.64. The smallest absolute Gasteiger partial charge is 0.871 e. The maximum Gasteiger partial charge on any atom is 1.00 e. The van der Waals surface area contributed by atoms with Crippen molar-refractivity contribution < 1.29 is 51.5 Å². The van der Waals surface area contributed by atoms with Crippen LogP contribution in [0.5, 0.6) is 5.75 Å². The molecule has 2 aromatic carbocycles. The van der Waals surface area contributed by atoms with Gasteiger partial charge < -0.3 is 15.8 Å². The Morgan fingerprint density at radius 3 is 2.54 bits per heavy atom.